The summed E-state index contributed by atoms with van der Waals surface area (Å²) in [5.41, 5.74) is 3.11. The van der Waals surface area contributed by atoms with Crippen molar-refractivity contribution < 1.29 is 13.6 Å². The van der Waals surface area contributed by atoms with Crippen LogP contribution in [0.15, 0.2) is 68.4 Å². The van der Waals surface area contributed by atoms with Gasteiger partial charge >= 0.3 is 0 Å². The number of carbonyl (C=O) groups excluding carboxylic acids is 1. The SMILES string of the molecule is Cc1cc(C)c2c(=O)c3c(oc2c1)C(=O)N(Cc1ccco1)C3c1cccc(Cl)c1. The van der Waals surface area contributed by atoms with Gasteiger partial charge in [0, 0.05) is 5.02 Å². The highest BCUT2D eigenvalue weighted by atomic mass is 35.5. The lowest BCUT2D eigenvalue weighted by atomic mass is 9.97. The number of halogens is 1. The molecule has 0 saturated heterocycles. The lowest BCUT2D eigenvalue weighted by Gasteiger charge is -2.24. The highest BCUT2D eigenvalue weighted by Gasteiger charge is 2.43. The van der Waals surface area contributed by atoms with Gasteiger partial charge in [0.2, 0.25) is 5.76 Å². The van der Waals surface area contributed by atoms with Gasteiger partial charge in [-0.25, -0.2) is 0 Å². The van der Waals surface area contributed by atoms with E-state index in [4.69, 9.17) is 20.4 Å². The van der Waals surface area contributed by atoms with Crippen LogP contribution in [0.1, 0.15) is 44.6 Å². The van der Waals surface area contributed by atoms with Crippen LogP contribution in [0.25, 0.3) is 11.0 Å². The van der Waals surface area contributed by atoms with Gasteiger partial charge in [0.25, 0.3) is 5.91 Å². The van der Waals surface area contributed by atoms with E-state index in [0.29, 0.717) is 27.3 Å². The molecule has 0 spiro atoms. The summed E-state index contributed by atoms with van der Waals surface area (Å²) in [5, 5.41) is 1.03. The molecule has 1 aliphatic rings. The third-order valence-corrected chi connectivity index (χ3v) is 5.72. The number of benzene rings is 2. The fourth-order valence-electron chi connectivity index (χ4n) is 4.27. The van der Waals surface area contributed by atoms with Crippen LogP contribution in [-0.2, 0) is 6.54 Å². The van der Waals surface area contributed by atoms with Crippen LogP contribution in [-0.4, -0.2) is 10.8 Å². The van der Waals surface area contributed by atoms with Crippen molar-refractivity contribution in [3.63, 3.8) is 0 Å². The molecule has 0 fully saturated rings. The second kappa shape index (κ2) is 6.89. The van der Waals surface area contributed by atoms with Gasteiger partial charge in [-0.15, -0.1) is 0 Å². The molecule has 0 saturated carbocycles. The Morgan fingerprint density at radius 2 is 1.90 bits per heavy atom. The Morgan fingerprint density at radius 1 is 1.07 bits per heavy atom. The van der Waals surface area contributed by atoms with E-state index in [1.165, 1.54) is 0 Å². The third-order valence-electron chi connectivity index (χ3n) is 5.48. The van der Waals surface area contributed by atoms with E-state index in [-0.39, 0.29) is 23.6 Å². The maximum Gasteiger partial charge on any atom is 0.291 e. The number of furan rings is 1. The number of hydrogen-bond acceptors (Lipinski definition) is 4. The van der Waals surface area contributed by atoms with Crippen molar-refractivity contribution in [1.29, 1.82) is 0 Å². The number of carbonyl (C=O) groups is 1. The molecule has 3 heterocycles. The largest absolute Gasteiger partial charge is 0.467 e. The van der Waals surface area contributed by atoms with E-state index >= 15 is 0 Å². The summed E-state index contributed by atoms with van der Waals surface area (Å²) >= 11 is 6.23. The summed E-state index contributed by atoms with van der Waals surface area (Å²) < 4.78 is 11.5. The summed E-state index contributed by atoms with van der Waals surface area (Å²) in [6.07, 6.45) is 1.56. The molecule has 1 atom stereocenters. The Labute approximate surface area is 177 Å². The van der Waals surface area contributed by atoms with Gasteiger partial charge in [0.15, 0.2) is 5.43 Å². The zero-order valence-electron chi connectivity index (χ0n) is 16.4. The predicted molar refractivity (Wildman–Crippen MR) is 114 cm³/mol. The van der Waals surface area contributed by atoms with Crippen LogP contribution < -0.4 is 5.43 Å². The fourth-order valence-corrected chi connectivity index (χ4v) is 4.47. The van der Waals surface area contributed by atoms with Crippen molar-refractivity contribution >= 4 is 28.5 Å². The predicted octanol–water partition coefficient (Wildman–Crippen LogP) is 5.40. The number of fused-ring (bicyclic) bond motifs is 2. The Bertz CT molecular complexity index is 1350. The van der Waals surface area contributed by atoms with Gasteiger partial charge in [0.05, 0.1) is 29.8 Å². The first-order chi connectivity index (χ1) is 14.4. The number of amides is 1. The van der Waals surface area contributed by atoms with E-state index in [1.807, 2.05) is 32.0 Å². The highest BCUT2D eigenvalue weighted by molar-refractivity contribution is 6.30. The average Bonchev–Trinajstić information content (AvgIpc) is 3.29. The summed E-state index contributed by atoms with van der Waals surface area (Å²) in [7, 11) is 0. The van der Waals surface area contributed by atoms with E-state index in [1.54, 1.807) is 41.5 Å². The molecule has 150 valence electrons. The van der Waals surface area contributed by atoms with E-state index in [2.05, 4.69) is 0 Å². The van der Waals surface area contributed by atoms with Crippen LogP contribution in [0.3, 0.4) is 0 Å². The van der Waals surface area contributed by atoms with Crippen molar-refractivity contribution in [1.82, 2.24) is 4.90 Å². The summed E-state index contributed by atoms with van der Waals surface area (Å²) in [5.74, 6) is 0.353. The molecular formula is C24H18ClNO4. The van der Waals surface area contributed by atoms with Crippen LogP contribution >= 0.6 is 11.6 Å². The van der Waals surface area contributed by atoms with Gasteiger partial charge in [-0.1, -0.05) is 29.8 Å². The maximum absolute atomic E-state index is 13.6. The van der Waals surface area contributed by atoms with Gasteiger partial charge in [0.1, 0.15) is 11.3 Å². The van der Waals surface area contributed by atoms with E-state index in [0.717, 1.165) is 16.7 Å². The molecule has 1 unspecified atom stereocenters. The van der Waals surface area contributed by atoms with Crippen LogP contribution in [0.4, 0.5) is 0 Å². The maximum atomic E-state index is 13.6. The first kappa shape index (κ1) is 18.7. The van der Waals surface area contributed by atoms with Gasteiger partial charge in [-0.05, 0) is 60.9 Å². The van der Waals surface area contributed by atoms with E-state index in [9.17, 15) is 9.59 Å². The molecule has 1 aliphatic heterocycles. The topological polar surface area (TPSA) is 63.7 Å². The normalized spacial score (nSPS) is 15.8. The number of hydrogen-bond donors (Lipinski definition) is 0. The van der Waals surface area contributed by atoms with Crippen molar-refractivity contribution in [2.75, 3.05) is 0 Å². The van der Waals surface area contributed by atoms with Crippen molar-refractivity contribution in [2.24, 2.45) is 0 Å². The number of aryl methyl sites for hydroxylation is 2. The number of rotatable bonds is 3. The quantitative estimate of drug-likeness (QED) is 0.446. The van der Waals surface area contributed by atoms with Crippen LogP contribution in [0.5, 0.6) is 0 Å². The minimum absolute atomic E-state index is 0.0778. The molecule has 0 aliphatic carbocycles. The van der Waals surface area contributed by atoms with Gasteiger partial charge < -0.3 is 13.7 Å². The Balaban J connectivity index is 1.79. The van der Waals surface area contributed by atoms with E-state index < -0.39 is 6.04 Å². The summed E-state index contributed by atoms with van der Waals surface area (Å²) in [4.78, 5) is 28.6. The van der Waals surface area contributed by atoms with Gasteiger partial charge in [-0.2, -0.15) is 0 Å². The molecule has 2 aromatic carbocycles. The zero-order chi connectivity index (χ0) is 21.0. The molecule has 1 amide bonds. The molecule has 5 nitrogen and oxygen atoms in total. The third kappa shape index (κ3) is 2.85. The van der Waals surface area contributed by atoms with Crippen molar-refractivity contribution in [3.05, 3.63) is 104 Å². The Hall–Kier alpha value is -3.31. The fraction of sp³-hybridized carbons (Fsp3) is 0.167. The average molecular weight is 420 g/mol. The Morgan fingerprint density at radius 3 is 2.63 bits per heavy atom. The second-order valence-electron chi connectivity index (χ2n) is 7.60. The first-order valence-corrected chi connectivity index (χ1v) is 9.98. The minimum Gasteiger partial charge on any atom is -0.467 e. The standard InChI is InChI=1S/C24H18ClNO4/c1-13-9-14(2)19-18(10-13)30-23-20(22(19)27)21(15-5-3-6-16(25)11-15)26(24(23)28)12-17-7-4-8-29-17/h3-11,21H,12H2,1-2H3. The zero-order valence-corrected chi connectivity index (χ0v) is 17.2. The molecule has 2 aromatic heterocycles. The van der Waals surface area contributed by atoms with Gasteiger partial charge in [-0.3, -0.25) is 9.59 Å². The molecule has 6 heteroatoms. The molecule has 0 bridgehead atoms. The van der Waals surface area contributed by atoms with Crippen LogP contribution in [0, 0.1) is 13.8 Å². The molecule has 5 rings (SSSR count). The lowest BCUT2D eigenvalue weighted by Crippen LogP contribution is -2.29. The first-order valence-electron chi connectivity index (χ1n) is 9.61. The molecule has 4 aromatic rings. The monoisotopic (exact) mass is 419 g/mol. The minimum atomic E-state index is -0.613. The molecule has 0 N–H and O–H groups in total. The smallest absolute Gasteiger partial charge is 0.291 e. The van der Waals surface area contributed by atoms with Crippen molar-refractivity contribution in [3.8, 4) is 0 Å². The van der Waals surface area contributed by atoms with Crippen LogP contribution in [0.2, 0.25) is 5.02 Å². The Kier molecular flexibility index (Phi) is 4.29. The van der Waals surface area contributed by atoms with Crippen molar-refractivity contribution in [2.45, 2.75) is 26.4 Å². The summed E-state index contributed by atoms with van der Waals surface area (Å²) in [6.45, 7) is 4.02. The molecular weight excluding hydrogens is 402 g/mol. The summed E-state index contributed by atoms with van der Waals surface area (Å²) in [6, 6.07) is 13.9. The molecule has 0 radical (unpaired) electrons. The molecule has 30 heavy (non-hydrogen) atoms. The highest BCUT2D eigenvalue weighted by Crippen LogP contribution is 2.40. The second-order valence-corrected chi connectivity index (χ2v) is 8.04. The number of nitrogens with zero attached hydrogens (tertiary/aromatic N) is 1. The lowest BCUT2D eigenvalue weighted by molar-refractivity contribution is 0.0701.